The van der Waals surface area contributed by atoms with Gasteiger partial charge < -0.3 is 74.0 Å². The van der Waals surface area contributed by atoms with Crippen LogP contribution >= 0.6 is 0 Å². The lowest BCUT2D eigenvalue weighted by Crippen LogP contribution is -2.63. The summed E-state index contributed by atoms with van der Waals surface area (Å²) in [7, 11) is 2.62. The molecule has 2 saturated heterocycles. The minimum atomic E-state index is -2.48. The third-order valence-corrected chi connectivity index (χ3v) is 7.50. The Bertz CT molecular complexity index is 1390. The molecule has 258 valence electrons. The molecule has 2 aliphatic heterocycles. The Morgan fingerprint density at radius 2 is 1.53 bits per heavy atom. The third kappa shape index (κ3) is 7.75. The van der Waals surface area contributed by atoms with Crippen LogP contribution in [-0.2, 0) is 28.5 Å². The van der Waals surface area contributed by atoms with Gasteiger partial charge in [-0.2, -0.15) is 0 Å². The fourth-order valence-corrected chi connectivity index (χ4v) is 4.94. The van der Waals surface area contributed by atoms with Crippen LogP contribution in [0.4, 0.5) is 0 Å². The summed E-state index contributed by atoms with van der Waals surface area (Å²) in [6.45, 7) is -2.62. The molecule has 2 aliphatic rings. The molecule has 0 aliphatic carbocycles. The lowest BCUT2D eigenvalue weighted by molar-refractivity contribution is -0.383. The average Bonchev–Trinajstić information content (AvgIpc) is 3.33. The first-order valence-corrected chi connectivity index (χ1v) is 14.1. The molecule has 0 saturated carbocycles. The van der Waals surface area contributed by atoms with E-state index in [2.05, 4.69) is 0 Å². The standard InChI is InChI=1S/C30H36O17/c1-41-17-9-14(10-18(42-2)22(17)35)3-8-21(34)45-27-24(37)19(11-31)46-30(27,13-32)47-29-26(39)25(38)23(36)20(44-29)12-43-28(40)15-4-6-16(33)7-5-15/h3-10,19-20,23-27,29,31-33,35-39H,11-13H2,1-2H3/b8-3+/t19-,20+,23+,24-,25-,26+,27+,29+,30+/m0/s1. The van der Waals surface area contributed by atoms with Gasteiger partial charge in [-0.1, -0.05) is 0 Å². The number of benzene rings is 2. The number of ether oxygens (including phenoxy) is 7. The molecule has 9 atom stereocenters. The Labute approximate surface area is 267 Å². The molecular formula is C30H36O17. The molecule has 0 unspecified atom stereocenters. The van der Waals surface area contributed by atoms with Gasteiger partial charge in [-0.15, -0.1) is 0 Å². The molecule has 0 aromatic heterocycles. The fraction of sp³-hybridized carbons (Fsp3) is 0.467. The van der Waals surface area contributed by atoms with Crippen molar-refractivity contribution in [2.24, 2.45) is 0 Å². The molecule has 2 heterocycles. The van der Waals surface area contributed by atoms with Crippen LogP contribution in [-0.4, -0.2) is 142 Å². The summed E-state index contributed by atoms with van der Waals surface area (Å²) in [5.41, 5.74) is 0.379. The average molecular weight is 669 g/mol. The fourth-order valence-electron chi connectivity index (χ4n) is 4.94. The highest BCUT2D eigenvalue weighted by Crippen LogP contribution is 2.39. The van der Waals surface area contributed by atoms with Gasteiger partial charge in [0.1, 0.15) is 55.6 Å². The van der Waals surface area contributed by atoms with E-state index in [9.17, 15) is 50.4 Å². The number of rotatable bonds is 12. The van der Waals surface area contributed by atoms with E-state index in [1.54, 1.807) is 0 Å². The van der Waals surface area contributed by atoms with Crippen molar-refractivity contribution in [3.05, 3.63) is 53.6 Å². The molecule has 47 heavy (non-hydrogen) atoms. The Morgan fingerprint density at radius 3 is 2.11 bits per heavy atom. The van der Waals surface area contributed by atoms with Gasteiger partial charge in [0, 0.05) is 6.08 Å². The maximum absolute atomic E-state index is 12.9. The van der Waals surface area contributed by atoms with Gasteiger partial charge in [-0.05, 0) is 48.0 Å². The van der Waals surface area contributed by atoms with Gasteiger partial charge in [0.2, 0.25) is 11.5 Å². The molecule has 2 aromatic carbocycles. The molecule has 2 aromatic rings. The van der Waals surface area contributed by atoms with Crippen molar-refractivity contribution < 1.29 is 83.6 Å². The number of hydrogen-bond acceptors (Lipinski definition) is 17. The van der Waals surface area contributed by atoms with Crippen LogP contribution in [0.1, 0.15) is 15.9 Å². The Hall–Kier alpha value is -4.04. The Morgan fingerprint density at radius 1 is 0.894 bits per heavy atom. The summed E-state index contributed by atoms with van der Waals surface area (Å²) in [5, 5.41) is 82.1. The van der Waals surface area contributed by atoms with E-state index in [1.807, 2.05) is 0 Å². The van der Waals surface area contributed by atoms with Crippen LogP contribution < -0.4 is 9.47 Å². The molecule has 2 fully saturated rings. The molecule has 17 heteroatoms. The van der Waals surface area contributed by atoms with E-state index in [-0.39, 0.29) is 28.6 Å². The summed E-state index contributed by atoms with van der Waals surface area (Å²) >= 11 is 0. The zero-order valence-corrected chi connectivity index (χ0v) is 25.1. The van der Waals surface area contributed by atoms with E-state index in [0.29, 0.717) is 5.56 Å². The Balaban J connectivity index is 1.51. The zero-order chi connectivity index (χ0) is 34.5. The van der Waals surface area contributed by atoms with Crippen molar-refractivity contribution in [3.63, 3.8) is 0 Å². The highest BCUT2D eigenvalue weighted by atomic mass is 16.8. The number of hydrogen-bond donors (Lipinski definition) is 8. The minimum Gasteiger partial charge on any atom is -0.508 e. The summed E-state index contributed by atoms with van der Waals surface area (Å²) in [6, 6.07) is 7.83. The van der Waals surface area contributed by atoms with Crippen molar-refractivity contribution in [1.82, 2.24) is 0 Å². The number of methoxy groups -OCH3 is 2. The second-order valence-corrected chi connectivity index (χ2v) is 10.5. The molecular weight excluding hydrogens is 632 g/mol. The van der Waals surface area contributed by atoms with Gasteiger partial charge >= 0.3 is 11.9 Å². The van der Waals surface area contributed by atoms with Gasteiger partial charge in [-0.3, -0.25) is 0 Å². The summed E-state index contributed by atoms with van der Waals surface area (Å²) in [6.07, 6.45) is -12.1. The quantitative estimate of drug-likeness (QED) is 0.0913. The van der Waals surface area contributed by atoms with Crippen LogP contribution in [0.2, 0.25) is 0 Å². The van der Waals surface area contributed by atoms with Gasteiger partial charge in [0.25, 0.3) is 0 Å². The van der Waals surface area contributed by atoms with Crippen LogP contribution in [0.25, 0.3) is 6.08 Å². The molecule has 4 rings (SSSR count). The predicted octanol–water partition coefficient (Wildman–Crippen LogP) is -1.84. The van der Waals surface area contributed by atoms with Crippen molar-refractivity contribution in [1.29, 1.82) is 0 Å². The first-order valence-electron chi connectivity index (χ1n) is 14.1. The normalized spacial score (nSPS) is 30.6. The second-order valence-electron chi connectivity index (χ2n) is 10.5. The van der Waals surface area contributed by atoms with E-state index in [0.717, 1.165) is 6.08 Å². The summed E-state index contributed by atoms with van der Waals surface area (Å²) in [4.78, 5) is 25.3. The highest BCUT2D eigenvalue weighted by molar-refractivity contribution is 5.89. The maximum Gasteiger partial charge on any atom is 0.338 e. The molecule has 8 N–H and O–H groups in total. The van der Waals surface area contributed by atoms with Crippen molar-refractivity contribution in [3.8, 4) is 23.0 Å². The van der Waals surface area contributed by atoms with Crippen molar-refractivity contribution in [2.75, 3.05) is 34.0 Å². The van der Waals surface area contributed by atoms with Gasteiger partial charge in [0.15, 0.2) is 23.9 Å². The second kappa shape index (κ2) is 15.2. The summed E-state index contributed by atoms with van der Waals surface area (Å²) in [5.74, 6) is -4.73. The number of aliphatic hydroxyl groups excluding tert-OH is 6. The van der Waals surface area contributed by atoms with Crippen molar-refractivity contribution in [2.45, 2.75) is 54.8 Å². The largest absolute Gasteiger partial charge is 0.508 e. The first-order chi connectivity index (χ1) is 22.4. The van der Waals surface area contributed by atoms with E-state index < -0.39 is 86.6 Å². The van der Waals surface area contributed by atoms with Gasteiger partial charge in [0.05, 0.1) is 26.4 Å². The van der Waals surface area contributed by atoms with Crippen molar-refractivity contribution >= 4 is 18.0 Å². The lowest BCUT2D eigenvalue weighted by Gasteiger charge is -2.43. The Kier molecular flexibility index (Phi) is 11.6. The topological polar surface area (TPSA) is 261 Å². The third-order valence-electron chi connectivity index (χ3n) is 7.50. The number of esters is 2. The SMILES string of the molecule is COc1cc(/C=C/C(=O)O[C@@H]2[C@@H](O)[C@H](CO)O[C@]2(CO)O[C@H]2O[C@H](COC(=O)c3ccc(O)cc3)[C@@H](O)[C@H](O)[C@H]2O)cc(OC)c1O. The molecule has 0 spiro atoms. The number of aliphatic hydroxyl groups is 6. The highest BCUT2D eigenvalue weighted by Gasteiger charge is 2.60. The minimum absolute atomic E-state index is 0.0437. The molecule has 0 radical (unpaired) electrons. The molecule has 0 amide bonds. The number of carbonyl (C=O) groups is 2. The number of aromatic hydroxyl groups is 2. The molecule has 17 nitrogen and oxygen atoms in total. The maximum atomic E-state index is 12.9. The monoisotopic (exact) mass is 668 g/mol. The number of phenolic OH excluding ortho intramolecular Hbond substituents is 2. The predicted molar refractivity (Wildman–Crippen MR) is 154 cm³/mol. The van der Waals surface area contributed by atoms with Crippen LogP contribution in [0.5, 0.6) is 23.0 Å². The number of phenols is 2. The summed E-state index contributed by atoms with van der Waals surface area (Å²) < 4.78 is 37.5. The molecule has 0 bridgehead atoms. The van der Waals surface area contributed by atoms with E-state index in [4.69, 9.17) is 33.2 Å². The van der Waals surface area contributed by atoms with Gasteiger partial charge in [-0.25, -0.2) is 9.59 Å². The van der Waals surface area contributed by atoms with E-state index >= 15 is 0 Å². The smallest absolute Gasteiger partial charge is 0.338 e. The first kappa shape index (κ1) is 35.8. The zero-order valence-electron chi connectivity index (χ0n) is 25.1. The number of carbonyl (C=O) groups excluding carboxylic acids is 2. The van der Waals surface area contributed by atoms with Crippen LogP contribution in [0.15, 0.2) is 42.5 Å². The lowest BCUT2D eigenvalue weighted by atomic mass is 9.98. The van der Waals surface area contributed by atoms with E-state index in [1.165, 1.54) is 56.7 Å². The van der Waals surface area contributed by atoms with Crippen LogP contribution in [0, 0.1) is 0 Å². The van der Waals surface area contributed by atoms with Crippen LogP contribution in [0.3, 0.4) is 0 Å².